The van der Waals surface area contributed by atoms with Crippen LogP contribution in [0.15, 0.2) is 12.5 Å². The van der Waals surface area contributed by atoms with Crippen molar-refractivity contribution in [1.82, 2.24) is 9.97 Å². The molecule has 0 saturated carbocycles. The molecule has 0 aliphatic rings. The van der Waals surface area contributed by atoms with Crippen molar-refractivity contribution >= 4 is 11.6 Å². The quantitative estimate of drug-likeness (QED) is 0.551. The first-order valence-corrected chi connectivity index (χ1v) is 2.50. The van der Waals surface area contributed by atoms with Crippen molar-refractivity contribution in [2.45, 2.75) is 5.88 Å². The second kappa shape index (κ2) is 1.98. The van der Waals surface area contributed by atoms with Crippen molar-refractivity contribution in [2.75, 3.05) is 0 Å². The summed E-state index contributed by atoms with van der Waals surface area (Å²) in [4.78, 5) is 6.60. The molecule has 1 aromatic heterocycles. The second-order valence-electron chi connectivity index (χ2n) is 1.21. The van der Waals surface area contributed by atoms with Crippen LogP contribution in [0.2, 0.25) is 0 Å². The van der Waals surface area contributed by atoms with Crippen LogP contribution in [-0.2, 0) is 5.88 Å². The Hall–Kier alpha value is -0.500. The van der Waals surface area contributed by atoms with Crippen LogP contribution in [-0.4, -0.2) is 9.97 Å². The van der Waals surface area contributed by atoms with Gasteiger partial charge in [0.15, 0.2) is 0 Å². The molecule has 3 heteroatoms. The zero-order chi connectivity index (χ0) is 5.11. The Labute approximate surface area is 46.5 Å². The van der Waals surface area contributed by atoms with Crippen LogP contribution in [0, 0.1) is 0 Å². The molecular weight excluding hydrogens is 113 g/mol. The molecule has 1 N–H and O–H groups in total. The average Bonchev–Trinajstić information content (AvgIpc) is 2.14. The van der Waals surface area contributed by atoms with Crippen LogP contribution in [0.25, 0.3) is 0 Å². The first-order valence-electron chi connectivity index (χ1n) is 1.96. The highest BCUT2D eigenvalue weighted by Crippen LogP contribution is 1.93. The van der Waals surface area contributed by atoms with Gasteiger partial charge in [0.2, 0.25) is 0 Å². The van der Waals surface area contributed by atoms with Gasteiger partial charge in [0, 0.05) is 11.9 Å². The number of nitrogens with zero attached hydrogens (tertiary/aromatic N) is 1. The number of rotatable bonds is 1. The van der Waals surface area contributed by atoms with Crippen LogP contribution in [0.5, 0.6) is 0 Å². The smallest absolute Gasteiger partial charge is 0.0922 e. The number of H-pyrrole nitrogens is 1. The molecule has 0 bridgehead atoms. The van der Waals surface area contributed by atoms with Gasteiger partial charge in [-0.05, 0) is 0 Å². The van der Waals surface area contributed by atoms with Gasteiger partial charge in [0.05, 0.1) is 12.2 Å². The number of hydrogen-bond acceptors (Lipinski definition) is 1. The molecule has 1 aromatic rings. The summed E-state index contributed by atoms with van der Waals surface area (Å²) in [6.45, 7) is 0. The summed E-state index contributed by atoms with van der Waals surface area (Å²) in [5, 5.41) is 0. The van der Waals surface area contributed by atoms with E-state index in [-0.39, 0.29) is 0 Å². The van der Waals surface area contributed by atoms with Crippen molar-refractivity contribution in [3.63, 3.8) is 0 Å². The van der Waals surface area contributed by atoms with Gasteiger partial charge in [0.1, 0.15) is 0 Å². The van der Waals surface area contributed by atoms with Gasteiger partial charge >= 0.3 is 0 Å². The molecule has 1 rings (SSSR count). The van der Waals surface area contributed by atoms with Crippen LogP contribution < -0.4 is 0 Å². The van der Waals surface area contributed by atoms with Crippen LogP contribution in [0.3, 0.4) is 0 Å². The van der Waals surface area contributed by atoms with Gasteiger partial charge in [-0.15, -0.1) is 11.6 Å². The molecule has 0 spiro atoms. The lowest BCUT2D eigenvalue weighted by Gasteiger charge is -1.77. The van der Waals surface area contributed by atoms with Crippen molar-refractivity contribution in [2.24, 2.45) is 0 Å². The molecule has 0 atom stereocenters. The van der Waals surface area contributed by atoms with E-state index in [0.29, 0.717) is 5.88 Å². The summed E-state index contributed by atoms with van der Waals surface area (Å²) in [5.41, 5.74) is 0.960. The molecule has 38 valence electrons. The summed E-state index contributed by atoms with van der Waals surface area (Å²) in [6, 6.07) is 0. The maximum atomic E-state index is 5.40. The Bertz CT molecular complexity index is 124. The molecule has 0 aliphatic heterocycles. The van der Waals surface area contributed by atoms with E-state index < -0.39 is 0 Å². The Balaban J connectivity index is 2.76. The molecule has 0 fully saturated rings. The highest BCUT2D eigenvalue weighted by Gasteiger charge is 1.84. The summed E-state index contributed by atoms with van der Waals surface area (Å²) in [6.07, 6.45) is 3.31. The number of imidazole rings is 1. The van der Waals surface area contributed by atoms with E-state index in [9.17, 15) is 0 Å². The summed E-state index contributed by atoms with van der Waals surface area (Å²) >= 11 is 5.40. The molecule has 0 aromatic carbocycles. The number of halogens is 1. The third-order valence-electron chi connectivity index (χ3n) is 0.699. The first-order chi connectivity index (χ1) is 3.43. The fraction of sp³-hybridized carbons (Fsp3) is 0.250. The summed E-state index contributed by atoms with van der Waals surface area (Å²) < 4.78 is 0. The van der Waals surface area contributed by atoms with E-state index in [1.165, 1.54) is 0 Å². The SMILES string of the molecule is ClCc1c[15n]c[15nH]1. The summed E-state index contributed by atoms with van der Waals surface area (Å²) in [7, 11) is 0. The van der Waals surface area contributed by atoms with E-state index in [4.69, 9.17) is 11.6 Å². The second-order valence-corrected chi connectivity index (χ2v) is 1.48. The van der Waals surface area contributed by atoms with E-state index >= 15 is 0 Å². The van der Waals surface area contributed by atoms with Crippen molar-refractivity contribution < 1.29 is 0 Å². The fourth-order valence-electron chi connectivity index (χ4n) is 0.358. The molecular formula is C4H5ClN2. The molecule has 0 saturated heterocycles. The lowest BCUT2D eigenvalue weighted by Crippen LogP contribution is -1.70. The minimum atomic E-state index is 0.514. The summed E-state index contributed by atoms with van der Waals surface area (Å²) in [5.74, 6) is 0.514. The zero-order valence-corrected chi connectivity index (χ0v) is 4.44. The predicted octanol–water partition coefficient (Wildman–Crippen LogP) is 1.15. The molecule has 2 nitrogen and oxygen atoms in total. The van der Waals surface area contributed by atoms with Crippen molar-refractivity contribution in [1.29, 1.82) is 0 Å². The monoisotopic (exact) mass is 118 g/mol. The lowest BCUT2D eigenvalue weighted by molar-refractivity contribution is 1.22. The number of nitrogens with one attached hydrogen (secondary N) is 1. The Morgan fingerprint density at radius 3 is 3.00 bits per heavy atom. The topological polar surface area (TPSA) is 28.7 Å². The molecule has 1 heterocycles. The van der Waals surface area contributed by atoms with Gasteiger partial charge in [-0.25, -0.2) is 4.98 Å². The minimum absolute atomic E-state index is 0.514. The number of aromatic nitrogens is 2. The Morgan fingerprint density at radius 1 is 1.86 bits per heavy atom. The first kappa shape index (κ1) is 4.65. The van der Waals surface area contributed by atoms with Gasteiger partial charge in [-0.2, -0.15) is 0 Å². The third-order valence-corrected chi connectivity index (χ3v) is 0.987. The molecule has 0 amide bonds. The average molecular weight is 119 g/mol. The third kappa shape index (κ3) is 0.933. The predicted molar refractivity (Wildman–Crippen MR) is 28.1 cm³/mol. The van der Waals surface area contributed by atoms with E-state index in [1.54, 1.807) is 12.5 Å². The minimum Gasteiger partial charge on any atom is -0.348 e. The van der Waals surface area contributed by atoms with E-state index in [0.717, 1.165) is 5.69 Å². The maximum Gasteiger partial charge on any atom is 0.0922 e. The van der Waals surface area contributed by atoms with Gasteiger partial charge in [-0.1, -0.05) is 0 Å². The standard InChI is InChI=1S/C4H5ClN2/c5-1-4-2-6-3-7-4/h2-3H,1H2,(H,6,7)/i6+1,7+1. The molecule has 0 aliphatic carbocycles. The highest BCUT2D eigenvalue weighted by atomic mass is 35.5. The van der Waals surface area contributed by atoms with E-state index in [1.807, 2.05) is 0 Å². The number of alkyl halides is 1. The Kier molecular flexibility index (Phi) is 1.32. The van der Waals surface area contributed by atoms with Crippen LogP contribution in [0.4, 0.5) is 0 Å². The lowest BCUT2D eigenvalue weighted by atomic mass is 10.6. The zero-order valence-electron chi connectivity index (χ0n) is 3.69. The van der Waals surface area contributed by atoms with Gasteiger partial charge in [-0.3, -0.25) is 0 Å². The fourth-order valence-corrected chi connectivity index (χ4v) is 0.504. The van der Waals surface area contributed by atoms with Crippen molar-refractivity contribution in [3.05, 3.63) is 18.2 Å². The normalized spacial score (nSPS) is 9.29. The maximum absolute atomic E-state index is 5.40. The van der Waals surface area contributed by atoms with E-state index in [2.05, 4.69) is 9.97 Å². The van der Waals surface area contributed by atoms with Gasteiger partial charge < -0.3 is 4.98 Å². The highest BCUT2D eigenvalue weighted by molar-refractivity contribution is 6.16. The number of hydrogen-bond donors (Lipinski definition) is 1. The largest absolute Gasteiger partial charge is 0.348 e. The molecule has 7 heavy (non-hydrogen) atoms. The number of aromatic amines is 1. The van der Waals surface area contributed by atoms with Gasteiger partial charge in [0.25, 0.3) is 0 Å². The molecule has 0 radical (unpaired) electrons. The van der Waals surface area contributed by atoms with Crippen molar-refractivity contribution in [3.8, 4) is 0 Å². The molecule has 0 unspecified atom stereocenters. The Morgan fingerprint density at radius 2 is 2.71 bits per heavy atom. The van der Waals surface area contributed by atoms with Crippen LogP contribution >= 0.6 is 11.6 Å². The van der Waals surface area contributed by atoms with Crippen LogP contribution in [0.1, 0.15) is 5.69 Å².